The van der Waals surface area contributed by atoms with E-state index in [2.05, 4.69) is 18.8 Å². The summed E-state index contributed by atoms with van der Waals surface area (Å²) in [6, 6.07) is 11.7. The third kappa shape index (κ3) is 4.40. The minimum atomic E-state index is -0.684. The van der Waals surface area contributed by atoms with Gasteiger partial charge in [0.05, 0.1) is 17.9 Å². The van der Waals surface area contributed by atoms with Gasteiger partial charge in [-0.15, -0.1) is 0 Å². The number of hydrogen-bond acceptors (Lipinski definition) is 5. The molecule has 1 saturated heterocycles. The zero-order valence-electron chi connectivity index (χ0n) is 18.7. The van der Waals surface area contributed by atoms with Crippen LogP contribution < -0.4 is 4.74 Å². The van der Waals surface area contributed by atoms with Gasteiger partial charge in [-0.3, -0.25) is 14.6 Å². The predicted octanol–water partition coefficient (Wildman–Crippen LogP) is 4.87. The summed E-state index contributed by atoms with van der Waals surface area (Å²) in [5.74, 6) is -0.279. The van der Waals surface area contributed by atoms with Crippen molar-refractivity contribution in [3.05, 3.63) is 65.5 Å². The first-order valence-electron chi connectivity index (χ1n) is 11.4. The van der Waals surface area contributed by atoms with Crippen LogP contribution in [-0.4, -0.2) is 39.3 Å². The van der Waals surface area contributed by atoms with Crippen LogP contribution in [-0.2, 0) is 9.59 Å². The van der Waals surface area contributed by atoms with Crippen LogP contribution in [0.15, 0.2) is 54.2 Å². The molecular formula is C26H30N2O4. The van der Waals surface area contributed by atoms with Crippen molar-refractivity contribution in [3.63, 3.8) is 0 Å². The Labute approximate surface area is 188 Å². The molecule has 1 aromatic carbocycles. The van der Waals surface area contributed by atoms with E-state index in [9.17, 15) is 14.7 Å². The molecule has 1 aliphatic carbocycles. The number of likely N-dealkylation sites (tertiary alicyclic amines) is 1. The Morgan fingerprint density at radius 2 is 1.81 bits per heavy atom. The van der Waals surface area contributed by atoms with Gasteiger partial charge in [0, 0.05) is 17.8 Å². The number of amides is 1. The maximum atomic E-state index is 13.1. The zero-order chi connectivity index (χ0) is 22.7. The fourth-order valence-corrected chi connectivity index (χ4v) is 4.54. The minimum Gasteiger partial charge on any atom is -0.507 e. The van der Waals surface area contributed by atoms with Gasteiger partial charge < -0.3 is 14.7 Å². The number of benzene rings is 1. The van der Waals surface area contributed by atoms with E-state index in [0.717, 1.165) is 32.1 Å². The highest BCUT2D eigenvalue weighted by Crippen LogP contribution is 2.42. The normalized spacial score (nSPS) is 21.3. The number of aliphatic hydroxyl groups excluding tert-OH is 1. The van der Waals surface area contributed by atoms with E-state index in [1.165, 1.54) is 0 Å². The van der Waals surface area contributed by atoms with Crippen molar-refractivity contribution < 1.29 is 19.4 Å². The van der Waals surface area contributed by atoms with Crippen LogP contribution in [0.25, 0.3) is 5.76 Å². The molecule has 4 rings (SSSR count). The molecule has 0 radical (unpaired) electrons. The van der Waals surface area contributed by atoms with E-state index in [1.54, 1.807) is 41.4 Å². The van der Waals surface area contributed by atoms with Crippen LogP contribution in [0, 0.1) is 5.92 Å². The number of ether oxygens (including phenoxy) is 1. The summed E-state index contributed by atoms with van der Waals surface area (Å²) < 4.78 is 5.72. The van der Waals surface area contributed by atoms with Gasteiger partial charge in [0.15, 0.2) is 0 Å². The van der Waals surface area contributed by atoms with E-state index >= 15 is 0 Å². The minimum absolute atomic E-state index is 0.0238. The standard InChI is InChI=1S/C26H30N2O4/c1-17(2)16-32-20-13-11-18(12-14-20)24(29)22-23(21-10-6-7-15-27-21)28(26(31)25(22)30)19-8-4-3-5-9-19/h6-7,10-15,17,19,23,29H,3-5,8-9,16H2,1-2H3/b24-22-. The van der Waals surface area contributed by atoms with Crippen molar-refractivity contribution in [3.8, 4) is 5.75 Å². The van der Waals surface area contributed by atoms with E-state index in [1.807, 2.05) is 12.1 Å². The summed E-state index contributed by atoms with van der Waals surface area (Å²) in [7, 11) is 0. The number of ketones is 1. The summed E-state index contributed by atoms with van der Waals surface area (Å²) in [6.45, 7) is 4.74. The molecule has 1 amide bonds. The number of Topliss-reactive ketones (excluding diaryl/α,β-unsaturated/α-hetero) is 1. The number of nitrogens with zero attached hydrogens (tertiary/aromatic N) is 2. The van der Waals surface area contributed by atoms with Gasteiger partial charge in [-0.25, -0.2) is 0 Å². The second-order valence-electron chi connectivity index (χ2n) is 8.98. The first-order chi connectivity index (χ1) is 15.5. The number of carbonyl (C=O) groups excluding carboxylic acids is 2. The average molecular weight is 435 g/mol. The molecule has 32 heavy (non-hydrogen) atoms. The molecule has 1 aromatic heterocycles. The lowest BCUT2D eigenvalue weighted by Gasteiger charge is -2.35. The summed E-state index contributed by atoms with van der Waals surface area (Å²) in [6.07, 6.45) is 6.56. The Morgan fingerprint density at radius 3 is 2.44 bits per heavy atom. The Bertz CT molecular complexity index is 992. The number of rotatable bonds is 6. The van der Waals surface area contributed by atoms with Crippen molar-refractivity contribution in [1.82, 2.24) is 9.88 Å². The van der Waals surface area contributed by atoms with Crippen molar-refractivity contribution in [2.75, 3.05) is 6.61 Å². The monoisotopic (exact) mass is 434 g/mol. The van der Waals surface area contributed by atoms with Crippen LogP contribution in [0.1, 0.15) is 63.3 Å². The molecule has 0 bridgehead atoms. The first kappa shape index (κ1) is 22.1. The lowest BCUT2D eigenvalue weighted by atomic mass is 9.92. The molecule has 0 spiro atoms. The van der Waals surface area contributed by atoms with Gasteiger partial charge >= 0.3 is 0 Å². The number of aliphatic hydroxyl groups is 1. The number of pyridine rings is 1. The Kier molecular flexibility index (Phi) is 6.58. The predicted molar refractivity (Wildman–Crippen MR) is 122 cm³/mol. The largest absolute Gasteiger partial charge is 0.507 e. The summed E-state index contributed by atoms with van der Waals surface area (Å²) in [5.41, 5.74) is 1.18. The molecule has 1 aliphatic heterocycles. The van der Waals surface area contributed by atoms with Crippen molar-refractivity contribution in [2.24, 2.45) is 5.92 Å². The molecule has 6 heteroatoms. The van der Waals surface area contributed by atoms with Gasteiger partial charge in [-0.05, 0) is 55.2 Å². The summed E-state index contributed by atoms with van der Waals surface area (Å²) in [4.78, 5) is 32.4. The highest BCUT2D eigenvalue weighted by Gasteiger charge is 2.49. The van der Waals surface area contributed by atoms with Crippen molar-refractivity contribution in [1.29, 1.82) is 0 Å². The van der Waals surface area contributed by atoms with Gasteiger partial charge in [0.25, 0.3) is 11.7 Å². The number of carbonyl (C=O) groups is 2. The fraction of sp³-hybridized carbons (Fsp3) is 0.423. The van der Waals surface area contributed by atoms with Crippen LogP contribution in [0.3, 0.4) is 0 Å². The fourth-order valence-electron chi connectivity index (χ4n) is 4.54. The van der Waals surface area contributed by atoms with Crippen molar-refractivity contribution >= 4 is 17.4 Å². The maximum absolute atomic E-state index is 13.1. The second-order valence-corrected chi connectivity index (χ2v) is 8.98. The van der Waals surface area contributed by atoms with E-state index in [4.69, 9.17) is 4.74 Å². The topological polar surface area (TPSA) is 79.7 Å². The molecule has 2 aliphatic rings. The van der Waals surface area contributed by atoms with Crippen LogP contribution >= 0.6 is 0 Å². The molecule has 2 heterocycles. The van der Waals surface area contributed by atoms with Gasteiger partial charge in [-0.2, -0.15) is 0 Å². The highest BCUT2D eigenvalue weighted by atomic mass is 16.5. The molecule has 1 N–H and O–H groups in total. The van der Waals surface area contributed by atoms with Crippen LogP contribution in [0.5, 0.6) is 5.75 Å². The lowest BCUT2D eigenvalue weighted by Crippen LogP contribution is -2.40. The molecule has 2 aromatic rings. The van der Waals surface area contributed by atoms with E-state index in [-0.39, 0.29) is 17.4 Å². The quantitative estimate of drug-likeness (QED) is 0.399. The van der Waals surface area contributed by atoms with Gasteiger partial charge in [-0.1, -0.05) is 39.2 Å². The summed E-state index contributed by atoms with van der Waals surface area (Å²) in [5, 5.41) is 11.2. The first-order valence-corrected chi connectivity index (χ1v) is 11.4. The average Bonchev–Trinajstić information content (AvgIpc) is 3.09. The summed E-state index contributed by atoms with van der Waals surface area (Å²) >= 11 is 0. The van der Waals surface area contributed by atoms with Crippen LogP contribution in [0.4, 0.5) is 0 Å². The molecule has 1 atom stereocenters. The third-order valence-corrected chi connectivity index (χ3v) is 6.13. The van der Waals surface area contributed by atoms with E-state index < -0.39 is 17.7 Å². The molecule has 1 unspecified atom stereocenters. The smallest absolute Gasteiger partial charge is 0.295 e. The molecule has 1 saturated carbocycles. The third-order valence-electron chi connectivity index (χ3n) is 6.13. The Hall–Kier alpha value is -3.15. The van der Waals surface area contributed by atoms with Crippen molar-refractivity contribution in [2.45, 2.75) is 58.0 Å². The lowest BCUT2D eigenvalue weighted by molar-refractivity contribution is -0.141. The second kappa shape index (κ2) is 9.55. The Morgan fingerprint density at radius 1 is 1.09 bits per heavy atom. The van der Waals surface area contributed by atoms with Gasteiger partial charge in [0.2, 0.25) is 0 Å². The zero-order valence-corrected chi connectivity index (χ0v) is 18.7. The SMILES string of the molecule is CC(C)COc1ccc(/C(O)=C2/C(=O)C(=O)N(C3CCCCC3)C2c2ccccn2)cc1. The maximum Gasteiger partial charge on any atom is 0.295 e. The van der Waals surface area contributed by atoms with Crippen LogP contribution in [0.2, 0.25) is 0 Å². The Balaban J connectivity index is 1.73. The number of aromatic nitrogens is 1. The molecule has 2 fully saturated rings. The van der Waals surface area contributed by atoms with Gasteiger partial charge in [0.1, 0.15) is 17.6 Å². The highest BCUT2D eigenvalue weighted by molar-refractivity contribution is 6.46. The molecular weight excluding hydrogens is 404 g/mol. The van der Waals surface area contributed by atoms with E-state index in [0.29, 0.717) is 29.5 Å². The molecule has 6 nitrogen and oxygen atoms in total. The number of hydrogen-bond donors (Lipinski definition) is 1. The molecule has 168 valence electrons.